The molecule has 29 heavy (non-hydrogen) atoms. The summed E-state index contributed by atoms with van der Waals surface area (Å²) in [4.78, 5) is 16.5. The number of anilines is 2. The molecule has 1 fully saturated rings. The minimum Gasteiger partial charge on any atom is -0.338 e. The van der Waals surface area contributed by atoms with Crippen LogP contribution in [-0.4, -0.2) is 33.2 Å². The SMILES string of the molecule is CN(C)Sc1ccc(Nc2nn(C(CC#N)C3CCC3)c3cc[nH]c(=O)c23)cc1. The molecule has 4 rings (SSSR count). The predicted molar refractivity (Wildman–Crippen MR) is 116 cm³/mol. The van der Waals surface area contributed by atoms with Crippen molar-refractivity contribution in [3.05, 3.63) is 46.9 Å². The Balaban J connectivity index is 1.71. The van der Waals surface area contributed by atoms with Crippen molar-refractivity contribution in [1.82, 2.24) is 19.1 Å². The van der Waals surface area contributed by atoms with E-state index < -0.39 is 0 Å². The molecule has 1 atom stereocenters. The second-order valence-corrected chi connectivity index (χ2v) is 8.92. The molecule has 1 aliphatic rings. The number of nitrogens with zero attached hydrogens (tertiary/aromatic N) is 4. The first kappa shape index (κ1) is 19.6. The van der Waals surface area contributed by atoms with E-state index in [2.05, 4.69) is 16.4 Å². The number of fused-ring (bicyclic) bond motifs is 1. The quantitative estimate of drug-likeness (QED) is 0.567. The molecule has 1 saturated carbocycles. The molecule has 150 valence electrons. The van der Waals surface area contributed by atoms with Gasteiger partial charge in [0, 0.05) is 16.8 Å². The third kappa shape index (κ3) is 4.02. The van der Waals surface area contributed by atoms with E-state index in [9.17, 15) is 10.1 Å². The Morgan fingerprint density at radius 1 is 1.34 bits per heavy atom. The highest BCUT2D eigenvalue weighted by molar-refractivity contribution is 7.97. The number of aromatic nitrogens is 3. The van der Waals surface area contributed by atoms with Crippen LogP contribution < -0.4 is 10.9 Å². The molecule has 0 bridgehead atoms. The monoisotopic (exact) mass is 408 g/mol. The Kier molecular flexibility index (Phi) is 5.60. The summed E-state index contributed by atoms with van der Waals surface area (Å²) < 4.78 is 3.92. The standard InChI is InChI=1S/C21H24N6OS/c1-26(2)29-16-8-6-15(7-9-16)24-20-19-18(11-13-23-21(19)28)27(25-20)17(10-12-22)14-4-3-5-14/h6-9,11,13-14,17H,3-5,10H2,1-2H3,(H,23,28)(H,24,25). The molecule has 8 heteroatoms. The van der Waals surface area contributed by atoms with Gasteiger partial charge in [0.1, 0.15) is 5.39 Å². The Morgan fingerprint density at radius 2 is 2.10 bits per heavy atom. The van der Waals surface area contributed by atoms with Gasteiger partial charge < -0.3 is 10.3 Å². The zero-order chi connectivity index (χ0) is 20.4. The average molecular weight is 409 g/mol. The minimum atomic E-state index is -0.180. The average Bonchev–Trinajstić information content (AvgIpc) is 3.01. The van der Waals surface area contributed by atoms with Gasteiger partial charge in [0.2, 0.25) is 0 Å². The molecule has 1 aromatic carbocycles. The Hall–Kier alpha value is -2.76. The molecule has 0 saturated heterocycles. The van der Waals surface area contributed by atoms with E-state index in [0.29, 0.717) is 23.5 Å². The molecule has 1 unspecified atom stereocenters. The second kappa shape index (κ2) is 8.31. The van der Waals surface area contributed by atoms with E-state index in [1.807, 2.05) is 53.4 Å². The van der Waals surface area contributed by atoms with Gasteiger partial charge in [0.15, 0.2) is 5.82 Å². The first-order chi connectivity index (χ1) is 14.1. The van der Waals surface area contributed by atoms with E-state index >= 15 is 0 Å². The molecule has 2 aromatic heterocycles. The first-order valence-corrected chi connectivity index (χ1v) is 10.5. The zero-order valence-corrected chi connectivity index (χ0v) is 17.4. The molecule has 0 spiro atoms. The van der Waals surface area contributed by atoms with Gasteiger partial charge >= 0.3 is 0 Å². The maximum Gasteiger partial charge on any atom is 0.261 e. The highest BCUT2D eigenvalue weighted by Gasteiger charge is 2.31. The predicted octanol–water partition coefficient (Wildman–Crippen LogP) is 4.29. The van der Waals surface area contributed by atoms with Crippen molar-refractivity contribution in [2.75, 3.05) is 19.4 Å². The molecule has 1 aliphatic carbocycles. The molecular formula is C21H24N6OS. The number of benzene rings is 1. The fourth-order valence-electron chi connectivity index (χ4n) is 3.76. The molecular weight excluding hydrogens is 384 g/mol. The lowest BCUT2D eigenvalue weighted by atomic mass is 9.79. The second-order valence-electron chi connectivity index (χ2n) is 7.53. The maximum atomic E-state index is 12.6. The zero-order valence-electron chi connectivity index (χ0n) is 16.6. The van der Waals surface area contributed by atoms with Crippen molar-refractivity contribution >= 4 is 34.4 Å². The lowest BCUT2D eigenvalue weighted by Crippen LogP contribution is -2.26. The van der Waals surface area contributed by atoms with Gasteiger partial charge in [-0.3, -0.25) is 13.8 Å². The third-order valence-corrected chi connectivity index (χ3v) is 6.19. The van der Waals surface area contributed by atoms with Crippen LogP contribution in [0.5, 0.6) is 0 Å². The molecule has 0 amide bonds. The number of aromatic amines is 1. The highest BCUT2D eigenvalue weighted by Crippen LogP contribution is 2.40. The third-order valence-electron chi connectivity index (χ3n) is 5.34. The van der Waals surface area contributed by atoms with Gasteiger partial charge in [-0.15, -0.1) is 0 Å². The van der Waals surface area contributed by atoms with Gasteiger partial charge in [-0.1, -0.05) is 6.42 Å². The van der Waals surface area contributed by atoms with E-state index in [-0.39, 0.29) is 11.6 Å². The van der Waals surface area contributed by atoms with E-state index in [1.165, 1.54) is 6.42 Å². The summed E-state index contributed by atoms with van der Waals surface area (Å²) in [5.74, 6) is 0.962. The van der Waals surface area contributed by atoms with E-state index in [0.717, 1.165) is 28.9 Å². The van der Waals surface area contributed by atoms with E-state index in [4.69, 9.17) is 5.10 Å². The van der Waals surface area contributed by atoms with Crippen LogP contribution in [0, 0.1) is 17.2 Å². The van der Waals surface area contributed by atoms with Crippen molar-refractivity contribution in [2.24, 2.45) is 5.92 Å². The van der Waals surface area contributed by atoms with Crippen LogP contribution in [0.3, 0.4) is 0 Å². The van der Waals surface area contributed by atoms with Gasteiger partial charge in [0.05, 0.1) is 24.0 Å². The molecule has 2 heterocycles. The summed E-state index contributed by atoms with van der Waals surface area (Å²) >= 11 is 1.64. The summed E-state index contributed by atoms with van der Waals surface area (Å²) in [6.07, 6.45) is 5.43. The molecule has 7 nitrogen and oxygen atoms in total. The van der Waals surface area contributed by atoms with Gasteiger partial charge in [-0.2, -0.15) is 10.4 Å². The Bertz CT molecular complexity index is 1090. The van der Waals surface area contributed by atoms with Gasteiger partial charge in [-0.25, -0.2) is 0 Å². The van der Waals surface area contributed by atoms with Crippen molar-refractivity contribution in [3.63, 3.8) is 0 Å². The van der Waals surface area contributed by atoms with E-state index in [1.54, 1.807) is 18.1 Å². The van der Waals surface area contributed by atoms with Crippen molar-refractivity contribution in [2.45, 2.75) is 36.6 Å². The molecule has 0 aliphatic heterocycles. The van der Waals surface area contributed by atoms with Crippen molar-refractivity contribution in [1.29, 1.82) is 5.26 Å². The number of nitrogens with one attached hydrogen (secondary N) is 2. The number of pyridine rings is 1. The Labute approximate surface area is 173 Å². The van der Waals surface area contributed by atoms with Crippen LogP contribution in [0.4, 0.5) is 11.5 Å². The lowest BCUT2D eigenvalue weighted by Gasteiger charge is -2.32. The molecule has 0 radical (unpaired) electrons. The van der Waals surface area contributed by atoms with Gasteiger partial charge in [0.25, 0.3) is 5.56 Å². The number of H-pyrrole nitrogens is 1. The number of hydrogen-bond donors (Lipinski definition) is 2. The van der Waals surface area contributed by atoms with Crippen LogP contribution in [0.2, 0.25) is 0 Å². The molecule has 3 aromatic rings. The summed E-state index contributed by atoms with van der Waals surface area (Å²) in [6, 6.07) is 12.2. The van der Waals surface area contributed by atoms with Crippen LogP contribution in [0.1, 0.15) is 31.7 Å². The summed E-state index contributed by atoms with van der Waals surface area (Å²) in [6.45, 7) is 0. The summed E-state index contributed by atoms with van der Waals surface area (Å²) in [7, 11) is 4.00. The lowest BCUT2D eigenvalue weighted by molar-refractivity contribution is 0.203. The fraction of sp³-hybridized carbons (Fsp3) is 0.381. The van der Waals surface area contributed by atoms with Gasteiger partial charge in [-0.05, 0) is 75.1 Å². The molecule has 2 N–H and O–H groups in total. The normalized spacial score (nSPS) is 15.2. The van der Waals surface area contributed by atoms with Crippen LogP contribution in [-0.2, 0) is 0 Å². The van der Waals surface area contributed by atoms with Crippen LogP contribution in [0.15, 0.2) is 46.2 Å². The van der Waals surface area contributed by atoms with Crippen LogP contribution >= 0.6 is 11.9 Å². The van der Waals surface area contributed by atoms with Crippen LogP contribution in [0.25, 0.3) is 10.9 Å². The highest BCUT2D eigenvalue weighted by atomic mass is 32.2. The Morgan fingerprint density at radius 3 is 2.72 bits per heavy atom. The first-order valence-electron chi connectivity index (χ1n) is 9.76. The van der Waals surface area contributed by atoms with Crippen molar-refractivity contribution < 1.29 is 0 Å². The number of nitriles is 1. The fourth-order valence-corrected chi connectivity index (χ4v) is 4.44. The maximum absolute atomic E-state index is 12.6. The topological polar surface area (TPSA) is 89.7 Å². The summed E-state index contributed by atoms with van der Waals surface area (Å²) in [5, 5.41) is 17.9. The van der Waals surface area contributed by atoms with Crippen molar-refractivity contribution in [3.8, 4) is 6.07 Å². The number of rotatable bonds is 7. The summed E-state index contributed by atoms with van der Waals surface area (Å²) in [5.41, 5.74) is 1.45. The smallest absolute Gasteiger partial charge is 0.261 e. The minimum absolute atomic E-state index is 0.00697. The number of hydrogen-bond acceptors (Lipinski definition) is 6. The largest absolute Gasteiger partial charge is 0.338 e.